The van der Waals surface area contributed by atoms with Crippen LogP contribution < -0.4 is 10.6 Å². The number of aromatic nitrogens is 2. The fourth-order valence-corrected chi connectivity index (χ4v) is 3.31. The van der Waals surface area contributed by atoms with Crippen molar-refractivity contribution in [1.29, 1.82) is 0 Å². The zero-order valence-electron chi connectivity index (χ0n) is 12.8. The topological polar surface area (TPSA) is 75.4 Å². The Morgan fingerprint density at radius 2 is 2.00 bits per heavy atom. The summed E-state index contributed by atoms with van der Waals surface area (Å²) in [4.78, 5) is 26.0. The molecule has 0 radical (unpaired) electrons. The van der Waals surface area contributed by atoms with Crippen molar-refractivity contribution in [3.8, 4) is 0 Å². The van der Waals surface area contributed by atoms with Crippen LogP contribution in [0.2, 0.25) is 0 Å². The van der Waals surface area contributed by atoms with Crippen LogP contribution in [0.4, 0.5) is 5.82 Å². The fourth-order valence-electron chi connectivity index (χ4n) is 2.58. The highest BCUT2D eigenvalue weighted by Crippen LogP contribution is 2.27. The third kappa shape index (κ3) is 4.03. The van der Waals surface area contributed by atoms with Crippen LogP contribution in [0.5, 0.6) is 0 Å². The Bertz CT molecular complexity index is 645. The van der Waals surface area contributed by atoms with E-state index in [1.54, 1.807) is 17.7 Å². The molecule has 1 saturated heterocycles. The second kappa shape index (κ2) is 8.63. The molecule has 2 N–H and O–H groups in total. The van der Waals surface area contributed by atoms with Gasteiger partial charge in [0.1, 0.15) is 17.0 Å². The number of fused-ring (bicyclic) bond motifs is 1. The molecule has 1 aliphatic heterocycles. The van der Waals surface area contributed by atoms with Crippen LogP contribution in [-0.4, -0.2) is 53.5 Å². The van der Waals surface area contributed by atoms with Crippen molar-refractivity contribution in [2.45, 2.75) is 6.92 Å². The number of anilines is 1. The third-order valence-corrected chi connectivity index (χ3v) is 4.73. The lowest BCUT2D eigenvalue weighted by molar-refractivity contribution is -0.134. The van der Waals surface area contributed by atoms with E-state index in [4.69, 9.17) is 5.73 Å². The maximum Gasteiger partial charge on any atom is 0.226 e. The van der Waals surface area contributed by atoms with E-state index in [9.17, 15) is 4.79 Å². The number of hydrogen-bond acceptors (Lipinski definition) is 6. The molecule has 2 aromatic rings. The Morgan fingerprint density at radius 3 is 2.65 bits per heavy atom. The van der Waals surface area contributed by atoms with Gasteiger partial charge in [0.05, 0.1) is 5.39 Å². The lowest BCUT2D eigenvalue weighted by Crippen LogP contribution is -2.51. The minimum absolute atomic E-state index is 0. The summed E-state index contributed by atoms with van der Waals surface area (Å²) >= 11 is 1.62. The molecule has 0 aliphatic carbocycles. The molecular formula is C14H21Cl2N5OS. The van der Waals surface area contributed by atoms with Gasteiger partial charge in [-0.15, -0.1) is 36.2 Å². The molecule has 9 heteroatoms. The quantitative estimate of drug-likeness (QED) is 0.881. The van der Waals surface area contributed by atoms with Crippen molar-refractivity contribution in [3.05, 3.63) is 17.8 Å². The van der Waals surface area contributed by atoms with E-state index in [2.05, 4.69) is 20.9 Å². The van der Waals surface area contributed by atoms with E-state index in [-0.39, 0.29) is 36.6 Å². The first-order chi connectivity index (χ1) is 10.2. The van der Waals surface area contributed by atoms with Crippen LogP contribution >= 0.6 is 36.2 Å². The SMILES string of the molecule is CC(CN)C(=O)N1CCN(c2ncnc3sccc23)CC1.Cl.Cl. The summed E-state index contributed by atoms with van der Waals surface area (Å²) in [6.45, 7) is 5.32. The fraction of sp³-hybridized carbons (Fsp3) is 0.500. The Morgan fingerprint density at radius 1 is 1.30 bits per heavy atom. The summed E-state index contributed by atoms with van der Waals surface area (Å²) in [5.41, 5.74) is 5.57. The highest BCUT2D eigenvalue weighted by Gasteiger charge is 2.25. The van der Waals surface area contributed by atoms with E-state index in [1.807, 2.05) is 17.2 Å². The maximum absolute atomic E-state index is 12.1. The van der Waals surface area contributed by atoms with E-state index in [0.717, 1.165) is 42.2 Å². The Kier molecular flexibility index (Phi) is 7.47. The van der Waals surface area contributed by atoms with Gasteiger partial charge in [0.15, 0.2) is 0 Å². The summed E-state index contributed by atoms with van der Waals surface area (Å²) in [6, 6.07) is 2.06. The van der Waals surface area contributed by atoms with Gasteiger partial charge >= 0.3 is 0 Å². The number of piperazine rings is 1. The van der Waals surface area contributed by atoms with Crippen LogP contribution in [0.1, 0.15) is 6.92 Å². The first-order valence-corrected chi connectivity index (χ1v) is 8.00. The molecule has 23 heavy (non-hydrogen) atoms. The molecule has 2 aromatic heterocycles. The minimum Gasteiger partial charge on any atom is -0.352 e. The summed E-state index contributed by atoms with van der Waals surface area (Å²) in [6.07, 6.45) is 1.61. The molecule has 0 aromatic carbocycles. The summed E-state index contributed by atoms with van der Waals surface area (Å²) < 4.78 is 0. The smallest absolute Gasteiger partial charge is 0.226 e. The van der Waals surface area contributed by atoms with Crippen molar-refractivity contribution in [2.75, 3.05) is 37.6 Å². The van der Waals surface area contributed by atoms with Crippen molar-refractivity contribution in [3.63, 3.8) is 0 Å². The first-order valence-electron chi connectivity index (χ1n) is 7.12. The van der Waals surface area contributed by atoms with Crippen molar-refractivity contribution >= 4 is 58.1 Å². The molecule has 3 rings (SSSR count). The molecule has 1 aliphatic rings. The van der Waals surface area contributed by atoms with Crippen LogP contribution in [0, 0.1) is 5.92 Å². The number of halogens is 2. The highest BCUT2D eigenvalue weighted by atomic mass is 35.5. The van der Waals surface area contributed by atoms with Crippen molar-refractivity contribution < 1.29 is 4.79 Å². The highest BCUT2D eigenvalue weighted by molar-refractivity contribution is 7.16. The maximum atomic E-state index is 12.1. The minimum atomic E-state index is -0.0980. The lowest BCUT2D eigenvalue weighted by atomic mass is 10.1. The van der Waals surface area contributed by atoms with Crippen LogP contribution in [-0.2, 0) is 4.79 Å². The Balaban J connectivity index is 0.00000132. The predicted octanol–water partition coefficient (Wildman–Crippen LogP) is 1.78. The zero-order valence-corrected chi connectivity index (χ0v) is 15.3. The molecule has 1 fully saturated rings. The molecule has 6 nitrogen and oxygen atoms in total. The van der Waals surface area contributed by atoms with Gasteiger partial charge in [-0.25, -0.2) is 9.97 Å². The normalized spacial score (nSPS) is 15.7. The number of carbonyl (C=O) groups excluding carboxylic acids is 1. The largest absolute Gasteiger partial charge is 0.352 e. The Hall–Kier alpha value is -1.15. The molecular weight excluding hydrogens is 357 g/mol. The van der Waals surface area contributed by atoms with E-state index >= 15 is 0 Å². The Labute approximate surface area is 151 Å². The van der Waals surface area contributed by atoms with Gasteiger partial charge in [-0.2, -0.15) is 0 Å². The van der Waals surface area contributed by atoms with Crippen LogP contribution in [0.3, 0.4) is 0 Å². The summed E-state index contributed by atoms with van der Waals surface area (Å²) in [7, 11) is 0. The molecule has 128 valence electrons. The number of amides is 1. The molecule has 0 saturated carbocycles. The molecule has 1 atom stereocenters. The molecule has 1 unspecified atom stereocenters. The van der Waals surface area contributed by atoms with Gasteiger partial charge in [-0.05, 0) is 11.4 Å². The van der Waals surface area contributed by atoms with Gasteiger partial charge in [0.25, 0.3) is 0 Å². The summed E-state index contributed by atoms with van der Waals surface area (Å²) in [5, 5.41) is 3.13. The standard InChI is InChI=1S/C14H19N5OS.2ClH/c1-10(8-15)14(20)19-5-3-18(4-6-19)12-11-2-7-21-13(11)17-9-16-12;;/h2,7,9-10H,3-6,8,15H2,1H3;2*1H. The zero-order chi connectivity index (χ0) is 14.8. The van der Waals surface area contributed by atoms with Gasteiger partial charge in [0, 0.05) is 38.6 Å². The van der Waals surface area contributed by atoms with Gasteiger partial charge in [-0.3, -0.25) is 4.79 Å². The van der Waals surface area contributed by atoms with E-state index in [0.29, 0.717) is 6.54 Å². The van der Waals surface area contributed by atoms with E-state index < -0.39 is 0 Å². The van der Waals surface area contributed by atoms with E-state index in [1.165, 1.54) is 0 Å². The number of carbonyl (C=O) groups is 1. The van der Waals surface area contributed by atoms with Crippen molar-refractivity contribution in [1.82, 2.24) is 14.9 Å². The second-order valence-corrected chi connectivity index (χ2v) is 6.18. The molecule has 1 amide bonds. The average molecular weight is 378 g/mol. The third-order valence-electron chi connectivity index (χ3n) is 3.91. The molecule has 0 bridgehead atoms. The number of hydrogen-bond donors (Lipinski definition) is 1. The van der Waals surface area contributed by atoms with Gasteiger partial charge in [-0.1, -0.05) is 6.92 Å². The number of thiophene rings is 1. The first kappa shape index (κ1) is 19.9. The number of nitrogens with two attached hydrogens (primary N) is 1. The second-order valence-electron chi connectivity index (χ2n) is 5.29. The number of nitrogens with zero attached hydrogens (tertiary/aromatic N) is 4. The van der Waals surface area contributed by atoms with Gasteiger partial charge < -0.3 is 15.5 Å². The van der Waals surface area contributed by atoms with Crippen molar-refractivity contribution in [2.24, 2.45) is 11.7 Å². The van der Waals surface area contributed by atoms with Crippen LogP contribution in [0.15, 0.2) is 17.8 Å². The molecule has 0 spiro atoms. The molecule has 3 heterocycles. The van der Waals surface area contributed by atoms with Gasteiger partial charge in [0.2, 0.25) is 5.91 Å². The lowest BCUT2D eigenvalue weighted by Gasteiger charge is -2.36. The predicted molar refractivity (Wildman–Crippen MR) is 98.9 cm³/mol. The average Bonchev–Trinajstić information content (AvgIpc) is 3.02. The van der Waals surface area contributed by atoms with Crippen LogP contribution in [0.25, 0.3) is 10.2 Å². The number of rotatable bonds is 3. The summed E-state index contributed by atoms with van der Waals surface area (Å²) in [5.74, 6) is 1.03. The monoisotopic (exact) mass is 377 g/mol.